The molecule has 10 heteroatoms. The summed E-state index contributed by atoms with van der Waals surface area (Å²) in [4.78, 5) is 27.9. The summed E-state index contributed by atoms with van der Waals surface area (Å²) in [6, 6.07) is 5.94. The highest BCUT2D eigenvalue weighted by molar-refractivity contribution is 8.02. The lowest BCUT2D eigenvalue weighted by Crippen LogP contribution is -2.57. The van der Waals surface area contributed by atoms with Crippen molar-refractivity contribution in [2.24, 2.45) is 5.41 Å². The first kappa shape index (κ1) is 23.9. The fraction of sp³-hybridized carbons (Fsp3) is 0.450. The molecular formula is C20H28N4O4S2. The number of thioether (sulfide) groups is 1. The molecule has 0 spiro atoms. The van der Waals surface area contributed by atoms with Gasteiger partial charge < -0.3 is 5.32 Å². The Morgan fingerprint density at radius 2 is 1.73 bits per heavy atom. The largest absolute Gasteiger partial charge is 0.375 e. The average molecular weight is 453 g/mol. The quantitative estimate of drug-likeness (QED) is 0.642. The minimum Gasteiger partial charge on any atom is -0.375 e. The topological polar surface area (TPSA) is 111 Å². The fourth-order valence-electron chi connectivity index (χ4n) is 2.89. The van der Waals surface area contributed by atoms with Gasteiger partial charge in [0.15, 0.2) is 9.84 Å². The summed E-state index contributed by atoms with van der Waals surface area (Å²) in [5, 5.41) is 12.2. The smallest absolute Gasteiger partial charge is 0.332 e. The summed E-state index contributed by atoms with van der Waals surface area (Å²) in [5.41, 5.74) is 0.713. The molecule has 2 rings (SSSR count). The van der Waals surface area contributed by atoms with Gasteiger partial charge in [0.05, 0.1) is 9.92 Å². The zero-order chi connectivity index (χ0) is 22.9. The van der Waals surface area contributed by atoms with Crippen LogP contribution < -0.4 is 5.32 Å². The van der Waals surface area contributed by atoms with Crippen molar-refractivity contribution in [2.45, 2.75) is 32.2 Å². The number of nitrogens with zero attached hydrogens (tertiary/aromatic N) is 2. The lowest BCUT2D eigenvalue weighted by molar-refractivity contribution is -0.123. The summed E-state index contributed by atoms with van der Waals surface area (Å²) in [6.07, 6.45) is 2.94. The predicted octanol–water partition coefficient (Wildman–Crippen LogP) is 2.67. The fourth-order valence-corrected chi connectivity index (χ4v) is 4.13. The number of rotatable bonds is 6. The number of benzene rings is 1. The number of carbonyl (C=O) groups excluding carboxylic acids is 2. The number of sulfone groups is 1. The van der Waals surface area contributed by atoms with E-state index in [1.165, 1.54) is 35.8 Å². The van der Waals surface area contributed by atoms with Crippen molar-refractivity contribution >= 4 is 39.4 Å². The van der Waals surface area contributed by atoms with Crippen LogP contribution in [0.4, 0.5) is 4.79 Å². The number of hydrogen-bond acceptors (Lipinski definition) is 7. The van der Waals surface area contributed by atoms with Gasteiger partial charge in [-0.05, 0) is 29.4 Å². The molecule has 164 valence electrons. The Kier molecular flexibility index (Phi) is 7.03. The maximum absolute atomic E-state index is 12.8. The zero-order valence-corrected chi connectivity index (χ0v) is 19.7. The van der Waals surface area contributed by atoms with E-state index in [0.29, 0.717) is 18.1 Å². The van der Waals surface area contributed by atoms with Crippen molar-refractivity contribution in [1.29, 1.82) is 5.41 Å². The second-order valence-corrected chi connectivity index (χ2v) is 11.2. The van der Waals surface area contributed by atoms with Gasteiger partial charge in [0, 0.05) is 26.4 Å². The molecular weight excluding hydrogens is 424 g/mol. The second kappa shape index (κ2) is 8.81. The average Bonchev–Trinajstić information content (AvgIpc) is 2.65. The summed E-state index contributed by atoms with van der Waals surface area (Å²) in [5.74, 6) is -0.651. The van der Waals surface area contributed by atoms with Crippen molar-refractivity contribution in [3.05, 3.63) is 40.4 Å². The Morgan fingerprint density at radius 1 is 1.17 bits per heavy atom. The molecule has 1 aliphatic heterocycles. The van der Waals surface area contributed by atoms with Crippen molar-refractivity contribution in [3.8, 4) is 0 Å². The normalized spacial score (nSPS) is 17.5. The molecule has 2 N–H and O–H groups in total. The van der Waals surface area contributed by atoms with Crippen LogP contribution in [0, 0.1) is 10.8 Å². The van der Waals surface area contributed by atoms with E-state index in [1.54, 1.807) is 18.4 Å². The molecule has 1 heterocycles. The van der Waals surface area contributed by atoms with Gasteiger partial charge >= 0.3 is 6.03 Å². The van der Waals surface area contributed by atoms with Crippen LogP contribution in [0.25, 0.3) is 0 Å². The summed E-state index contributed by atoms with van der Waals surface area (Å²) in [7, 11) is -1.86. The number of hydrogen-bond donors (Lipinski definition) is 2. The van der Waals surface area contributed by atoms with Crippen molar-refractivity contribution in [1.82, 2.24) is 15.1 Å². The van der Waals surface area contributed by atoms with Gasteiger partial charge in [-0.2, -0.15) is 0 Å². The Morgan fingerprint density at radius 3 is 2.20 bits per heavy atom. The number of likely N-dealkylation sites (N-methyl/N-ethyl adjacent to an activating group) is 1. The van der Waals surface area contributed by atoms with Crippen molar-refractivity contribution in [3.63, 3.8) is 0 Å². The Bertz CT molecular complexity index is 993. The number of nitrogens with one attached hydrogen (secondary N) is 2. The van der Waals surface area contributed by atoms with E-state index in [-0.39, 0.29) is 21.7 Å². The monoisotopic (exact) mass is 452 g/mol. The number of urea groups is 1. The molecule has 1 aromatic rings. The first-order valence-electron chi connectivity index (χ1n) is 9.26. The SMILES string of the molecule is CS/C(NCc1ccc(S(C)(=O)=O)cc1)=C1/C(=N)N(CC(C)(C)C)C(=O)N(C)C1=O. The minimum atomic E-state index is -3.27. The van der Waals surface area contributed by atoms with Gasteiger partial charge in [0.1, 0.15) is 11.4 Å². The lowest BCUT2D eigenvalue weighted by atomic mass is 9.95. The standard InChI is InChI=1S/C20H28N4O4S2/c1-20(2,3)12-24-16(21)15(18(25)23(4)19(24)26)17(29-5)22-11-13-7-9-14(10-8-13)30(6,27)28/h7-10,21-22H,11-12H2,1-6H3/b17-15-,21-16?. The van der Waals surface area contributed by atoms with E-state index in [0.717, 1.165) is 16.7 Å². The Labute approximate surface area is 182 Å². The van der Waals surface area contributed by atoms with Crippen LogP contribution in [0.1, 0.15) is 26.3 Å². The minimum absolute atomic E-state index is 0.123. The highest BCUT2D eigenvalue weighted by Crippen LogP contribution is 2.27. The third-order valence-electron chi connectivity index (χ3n) is 4.41. The molecule has 1 aliphatic rings. The number of imide groups is 1. The number of amidine groups is 1. The molecule has 1 aromatic carbocycles. The van der Waals surface area contributed by atoms with Gasteiger partial charge in [-0.1, -0.05) is 32.9 Å². The Hall–Kier alpha value is -2.33. The molecule has 0 aromatic heterocycles. The summed E-state index contributed by atoms with van der Waals surface area (Å²) < 4.78 is 23.2. The maximum Gasteiger partial charge on any atom is 0.332 e. The molecule has 3 amide bonds. The molecule has 1 saturated heterocycles. The number of amides is 3. The second-order valence-electron chi connectivity index (χ2n) is 8.32. The van der Waals surface area contributed by atoms with Gasteiger partial charge in [0.2, 0.25) is 0 Å². The first-order chi connectivity index (χ1) is 13.8. The van der Waals surface area contributed by atoms with Crippen LogP contribution in [0.5, 0.6) is 0 Å². The predicted molar refractivity (Wildman–Crippen MR) is 119 cm³/mol. The summed E-state index contributed by atoms with van der Waals surface area (Å²) >= 11 is 1.28. The molecule has 0 saturated carbocycles. The van der Waals surface area contributed by atoms with Gasteiger partial charge in [-0.3, -0.25) is 20.0 Å². The van der Waals surface area contributed by atoms with Crippen LogP contribution in [0.15, 0.2) is 39.8 Å². The van der Waals surface area contributed by atoms with Crippen LogP contribution in [-0.4, -0.2) is 62.1 Å². The molecule has 8 nitrogen and oxygen atoms in total. The van der Waals surface area contributed by atoms with E-state index < -0.39 is 21.8 Å². The van der Waals surface area contributed by atoms with Crippen molar-refractivity contribution < 1.29 is 18.0 Å². The van der Waals surface area contributed by atoms with E-state index >= 15 is 0 Å². The molecule has 0 atom stereocenters. The zero-order valence-electron chi connectivity index (χ0n) is 18.1. The van der Waals surface area contributed by atoms with E-state index in [4.69, 9.17) is 5.41 Å². The molecule has 0 bridgehead atoms. The first-order valence-corrected chi connectivity index (χ1v) is 12.4. The molecule has 30 heavy (non-hydrogen) atoms. The van der Waals surface area contributed by atoms with E-state index in [2.05, 4.69) is 5.32 Å². The molecule has 0 unspecified atom stereocenters. The third kappa shape index (κ3) is 5.42. The van der Waals surface area contributed by atoms with Gasteiger partial charge in [0.25, 0.3) is 5.91 Å². The van der Waals surface area contributed by atoms with Gasteiger partial charge in [-0.25, -0.2) is 13.2 Å². The van der Waals surface area contributed by atoms with E-state index in [9.17, 15) is 18.0 Å². The van der Waals surface area contributed by atoms with Crippen molar-refractivity contribution in [2.75, 3.05) is 26.1 Å². The summed E-state index contributed by atoms with van der Waals surface area (Å²) in [6.45, 7) is 6.52. The van der Waals surface area contributed by atoms with Crippen LogP contribution in [-0.2, 0) is 21.2 Å². The highest BCUT2D eigenvalue weighted by Gasteiger charge is 2.40. The van der Waals surface area contributed by atoms with Crippen LogP contribution in [0.2, 0.25) is 0 Å². The van der Waals surface area contributed by atoms with Crippen LogP contribution >= 0.6 is 11.8 Å². The number of carbonyl (C=O) groups is 2. The molecule has 0 radical (unpaired) electrons. The van der Waals surface area contributed by atoms with Gasteiger partial charge in [-0.15, -0.1) is 11.8 Å². The Balaban J connectivity index is 2.32. The maximum atomic E-state index is 12.8. The molecule has 1 fully saturated rings. The molecule has 0 aliphatic carbocycles. The lowest BCUT2D eigenvalue weighted by Gasteiger charge is -2.37. The highest BCUT2D eigenvalue weighted by atomic mass is 32.2. The van der Waals surface area contributed by atoms with E-state index in [1.807, 2.05) is 20.8 Å². The third-order valence-corrected chi connectivity index (χ3v) is 6.30. The van der Waals surface area contributed by atoms with Crippen LogP contribution in [0.3, 0.4) is 0 Å².